The molecular weight excluding hydrogens is 417 g/mol. The quantitative estimate of drug-likeness (QED) is 0.189. The topological polar surface area (TPSA) is 0 Å². The molecule has 0 atom stereocenters. The van der Waals surface area contributed by atoms with Gasteiger partial charge in [-0.3, -0.25) is 0 Å². The number of hydrogen-bond acceptors (Lipinski definition) is 0. The van der Waals surface area contributed by atoms with Gasteiger partial charge in [0, 0.05) is 0 Å². The molecule has 0 nitrogen and oxygen atoms in total. The molecule has 0 heterocycles. The van der Waals surface area contributed by atoms with Gasteiger partial charge in [0.05, 0.1) is 0 Å². The molecule has 0 saturated heterocycles. The molecule has 3 heteroatoms. The smallest absolute Gasteiger partial charge is 0.194 e. The Kier molecular flexibility index (Phi) is 4.44. The molecule has 0 N–H and O–H groups in total. The average molecular weight is 434 g/mol. The molecule has 33 heavy (non-hydrogen) atoms. The third-order valence-corrected chi connectivity index (χ3v) is 6.24. The van der Waals surface area contributed by atoms with Gasteiger partial charge in [0.2, 0.25) is 0 Å². The highest BCUT2D eigenvalue weighted by Gasteiger charge is 2.19. The predicted molar refractivity (Wildman–Crippen MR) is 130 cm³/mol. The van der Waals surface area contributed by atoms with Crippen molar-refractivity contribution in [2.75, 3.05) is 0 Å². The van der Waals surface area contributed by atoms with Gasteiger partial charge in [0.15, 0.2) is 17.5 Å². The first-order chi connectivity index (χ1) is 16.1. The third kappa shape index (κ3) is 3.08. The average Bonchev–Trinajstić information content (AvgIpc) is 2.85. The van der Waals surface area contributed by atoms with Crippen LogP contribution in [-0.2, 0) is 0 Å². The summed E-state index contributed by atoms with van der Waals surface area (Å²) in [6.45, 7) is 0. The standard InChI is InChI=1S/C30H17F3/c31-26-16-21(17-27(32)30(26)33)29-24-11-5-3-9-22(24)28(23-10-4-6-12-25(23)29)20-14-13-18-7-1-2-8-19(18)15-20/h1-17H. The second kappa shape index (κ2) is 7.49. The Balaban J connectivity index is 1.77. The van der Waals surface area contributed by atoms with Crippen molar-refractivity contribution < 1.29 is 13.2 Å². The third-order valence-electron chi connectivity index (χ3n) is 6.24. The molecule has 158 valence electrons. The fourth-order valence-corrected chi connectivity index (χ4v) is 4.80. The van der Waals surface area contributed by atoms with Crippen molar-refractivity contribution >= 4 is 32.3 Å². The lowest BCUT2D eigenvalue weighted by molar-refractivity contribution is 0.448. The van der Waals surface area contributed by atoms with Crippen molar-refractivity contribution in [2.24, 2.45) is 0 Å². The number of rotatable bonds is 2. The van der Waals surface area contributed by atoms with Gasteiger partial charge >= 0.3 is 0 Å². The van der Waals surface area contributed by atoms with Crippen molar-refractivity contribution in [3.63, 3.8) is 0 Å². The van der Waals surface area contributed by atoms with E-state index in [9.17, 15) is 13.2 Å². The molecule has 0 bridgehead atoms. The molecule has 0 fully saturated rings. The first-order valence-electron chi connectivity index (χ1n) is 10.7. The molecule has 0 saturated carbocycles. The lowest BCUT2D eigenvalue weighted by atomic mass is 9.85. The summed E-state index contributed by atoms with van der Waals surface area (Å²) in [5.41, 5.74) is 3.11. The van der Waals surface area contributed by atoms with Crippen LogP contribution in [0.15, 0.2) is 103 Å². The summed E-state index contributed by atoms with van der Waals surface area (Å²) >= 11 is 0. The summed E-state index contributed by atoms with van der Waals surface area (Å²) in [4.78, 5) is 0. The number of benzene rings is 6. The van der Waals surface area contributed by atoms with Gasteiger partial charge in [0.1, 0.15) is 0 Å². The van der Waals surface area contributed by atoms with Crippen molar-refractivity contribution in [1.82, 2.24) is 0 Å². The second-order valence-corrected chi connectivity index (χ2v) is 8.16. The van der Waals surface area contributed by atoms with Gasteiger partial charge in [-0.15, -0.1) is 0 Å². The summed E-state index contributed by atoms with van der Waals surface area (Å²) < 4.78 is 42.1. The normalized spacial score (nSPS) is 11.5. The Morgan fingerprint density at radius 2 is 0.848 bits per heavy atom. The maximum Gasteiger partial charge on any atom is 0.194 e. The van der Waals surface area contributed by atoms with Gasteiger partial charge in [-0.05, 0) is 72.8 Å². The summed E-state index contributed by atoms with van der Waals surface area (Å²) in [7, 11) is 0. The molecule has 0 aliphatic rings. The van der Waals surface area contributed by atoms with E-state index in [-0.39, 0.29) is 0 Å². The van der Waals surface area contributed by atoms with Crippen LogP contribution in [0.5, 0.6) is 0 Å². The molecule has 6 aromatic carbocycles. The Labute approximate surface area is 188 Å². The molecule has 0 aliphatic heterocycles. The van der Waals surface area contributed by atoms with Crippen LogP contribution < -0.4 is 0 Å². The van der Waals surface area contributed by atoms with Crippen LogP contribution in [0.1, 0.15) is 0 Å². The van der Waals surface area contributed by atoms with Crippen LogP contribution in [0.4, 0.5) is 13.2 Å². The van der Waals surface area contributed by atoms with Crippen LogP contribution in [0.2, 0.25) is 0 Å². The maximum atomic E-state index is 14.2. The minimum Gasteiger partial charge on any atom is -0.204 e. The molecule has 6 rings (SSSR count). The highest BCUT2D eigenvalue weighted by molar-refractivity contribution is 6.21. The molecule has 0 aliphatic carbocycles. The lowest BCUT2D eigenvalue weighted by Gasteiger charge is -2.18. The molecule has 0 unspecified atom stereocenters. The Hall–Kier alpha value is -4.11. The van der Waals surface area contributed by atoms with Crippen molar-refractivity contribution in [3.05, 3.63) is 121 Å². The van der Waals surface area contributed by atoms with E-state index in [1.54, 1.807) is 0 Å². The zero-order chi connectivity index (χ0) is 22.5. The van der Waals surface area contributed by atoms with E-state index in [0.29, 0.717) is 11.1 Å². The summed E-state index contributed by atoms with van der Waals surface area (Å²) in [5.74, 6) is -3.85. The van der Waals surface area contributed by atoms with Crippen LogP contribution in [0, 0.1) is 17.5 Å². The Morgan fingerprint density at radius 3 is 1.39 bits per heavy atom. The molecular formula is C30H17F3. The van der Waals surface area contributed by atoms with Gasteiger partial charge < -0.3 is 0 Å². The summed E-state index contributed by atoms with van der Waals surface area (Å²) in [6.07, 6.45) is 0. The van der Waals surface area contributed by atoms with Crippen LogP contribution in [-0.4, -0.2) is 0 Å². The number of fused-ring (bicyclic) bond motifs is 3. The maximum absolute atomic E-state index is 14.2. The zero-order valence-electron chi connectivity index (χ0n) is 17.4. The van der Waals surface area contributed by atoms with Gasteiger partial charge in [0.25, 0.3) is 0 Å². The minimum absolute atomic E-state index is 0.309. The van der Waals surface area contributed by atoms with Gasteiger partial charge in [-0.2, -0.15) is 0 Å². The first kappa shape index (κ1) is 19.6. The van der Waals surface area contributed by atoms with Crippen molar-refractivity contribution in [1.29, 1.82) is 0 Å². The largest absolute Gasteiger partial charge is 0.204 e. The fraction of sp³-hybridized carbons (Fsp3) is 0. The SMILES string of the molecule is Fc1cc(-c2c3ccccc3c(-c3ccc4ccccc4c3)c3ccccc23)cc(F)c1F. The van der Waals surface area contributed by atoms with E-state index in [1.165, 1.54) is 0 Å². The molecule has 0 aromatic heterocycles. The van der Waals surface area contributed by atoms with E-state index >= 15 is 0 Å². The number of hydrogen-bond donors (Lipinski definition) is 0. The van der Waals surface area contributed by atoms with E-state index in [2.05, 4.69) is 30.3 Å². The molecule has 0 amide bonds. The second-order valence-electron chi connectivity index (χ2n) is 8.16. The Bertz CT molecular complexity index is 1620. The summed E-state index contributed by atoms with van der Waals surface area (Å²) in [6, 6.07) is 32.4. The van der Waals surface area contributed by atoms with E-state index in [0.717, 1.165) is 55.6 Å². The first-order valence-corrected chi connectivity index (χ1v) is 10.7. The van der Waals surface area contributed by atoms with E-state index in [1.807, 2.05) is 60.7 Å². The van der Waals surface area contributed by atoms with E-state index < -0.39 is 17.5 Å². The highest BCUT2D eigenvalue weighted by Crippen LogP contribution is 2.44. The van der Waals surface area contributed by atoms with Gasteiger partial charge in [-0.1, -0.05) is 84.9 Å². The highest BCUT2D eigenvalue weighted by atomic mass is 19.2. The molecule has 6 aromatic rings. The monoisotopic (exact) mass is 434 g/mol. The van der Waals surface area contributed by atoms with Crippen LogP contribution in [0.25, 0.3) is 54.6 Å². The van der Waals surface area contributed by atoms with Crippen LogP contribution in [0.3, 0.4) is 0 Å². The van der Waals surface area contributed by atoms with Gasteiger partial charge in [-0.25, -0.2) is 13.2 Å². The zero-order valence-corrected chi connectivity index (χ0v) is 17.4. The van der Waals surface area contributed by atoms with Crippen molar-refractivity contribution in [3.8, 4) is 22.3 Å². The molecule has 0 spiro atoms. The number of halogens is 3. The summed E-state index contributed by atoms with van der Waals surface area (Å²) in [5, 5.41) is 5.92. The van der Waals surface area contributed by atoms with E-state index in [4.69, 9.17) is 0 Å². The van der Waals surface area contributed by atoms with Crippen LogP contribution >= 0.6 is 0 Å². The predicted octanol–water partition coefficient (Wildman–Crippen LogP) is 8.90. The fourth-order valence-electron chi connectivity index (χ4n) is 4.80. The van der Waals surface area contributed by atoms with Crippen molar-refractivity contribution in [2.45, 2.75) is 0 Å². The molecule has 0 radical (unpaired) electrons. The lowest BCUT2D eigenvalue weighted by Crippen LogP contribution is -1.95. The Morgan fingerprint density at radius 1 is 0.394 bits per heavy atom. The minimum atomic E-state index is -1.46.